The second-order valence-corrected chi connectivity index (χ2v) is 10.3. The molecule has 2 heterocycles. The molecule has 2 N–H and O–H groups in total. The Morgan fingerprint density at radius 1 is 1.11 bits per heavy atom. The van der Waals surface area contributed by atoms with Gasteiger partial charge in [-0.1, -0.05) is 39.3 Å². The van der Waals surface area contributed by atoms with Crippen molar-refractivity contribution in [3.63, 3.8) is 0 Å². The van der Waals surface area contributed by atoms with Crippen molar-refractivity contribution < 1.29 is 19.4 Å². The van der Waals surface area contributed by atoms with Gasteiger partial charge in [0.1, 0.15) is 17.1 Å². The fraction of sp³-hybridized carbons (Fsp3) is 0.467. The molecule has 1 atom stereocenters. The van der Waals surface area contributed by atoms with Crippen LogP contribution < -0.4 is 9.47 Å². The first-order valence-corrected chi connectivity index (χ1v) is 13.4. The van der Waals surface area contributed by atoms with Gasteiger partial charge in [0.05, 0.1) is 19.3 Å². The van der Waals surface area contributed by atoms with Crippen LogP contribution in [-0.2, 0) is 0 Å². The number of unbranched alkanes of at least 4 members (excludes halogenated alkanes) is 1. The molecule has 0 spiro atoms. The van der Waals surface area contributed by atoms with Crippen LogP contribution in [0.2, 0.25) is 0 Å². The van der Waals surface area contributed by atoms with Crippen molar-refractivity contribution in [3.05, 3.63) is 58.3 Å². The Bertz CT molecular complexity index is 1240. The second-order valence-electron chi connectivity index (χ2n) is 10.3. The van der Waals surface area contributed by atoms with Crippen LogP contribution in [0.1, 0.15) is 85.7 Å². The minimum atomic E-state index is -0.355. The van der Waals surface area contributed by atoms with Crippen LogP contribution in [0.3, 0.4) is 0 Å². The second kappa shape index (κ2) is 11.3. The first-order chi connectivity index (χ1) is 17.8. The number of carbonyl (C=O) groups is 1. The summed E-state index contributed by atoms with van der Waals surface area (Å²) in [5, 5.41) is 18.4. The number of fused-ring (bicyclic) bond motifs is 1. The molecule has 7 nitrogen and oxygen atoms in total. The third-order valence-electron chi connectivity index (χ3n) is 6.85. The largest absolute Gasteiger partial charge is 0.507 e. The summed E-state index contributed by atoms with van der Waals surface area (Å²) in [4.78, 5) is 15.5. The highest BCUT2D eigenvalue weighted by Crippen LogP contribution is 2.47. The highest BCUT2D eigenvalue weighted by molar-refractivity contribution is 6.00. The smallest absolute Gasteiger partial charge is 0.273 e. The average Bonchev–Trinajstić information content (AvgIpc) is 3.37. The number of nitrogens with one attached hydrogen (secondary N) is 1. The van der Waals surface area contributed by atoms with E-state index in [1.807, 2.05) is 49.9 Å². The molecule has 1 aliphatic heterocycles. The van der Waals surface area contributed by atoms with Crippen LogP contribution in [0.25, 0.3) is 11.3 Å². The number of carbonyl (C=O) groups excluding carboxylic acids is 1. The molecule has 0 saturated heterocycles. The molecule has 1 aromatic heterocycles. The summed E-state index contributed by atoms with van der Waals surface area (Å²) in [6.07, 6.45) is 2.81. The summed E-state index contributed by atoms with van der Waals surface area (Å²) < 4.78 is 12.0. The van der Waals surface area contributed by atoms with E-state index in [0.29, 0.717) is 54.1 Å². The van der Waals surface area contributed by atoms with Gasteiger partial charge in [0.25, 0.3) is 5.91 Å². The number of aromatic amines is 1. The van der Waals surface area contributed by atoms with E-state index in [0.717, 1.165) is 41.5 Å². The zero-order valence-electron chi connectivity index (χ0n) is 22.9. The van der Waals surface area contributed by atoms with Crippen LogP contribution in [0.15, 0.2) is 30.3 Å². The Kier molecular flexibility index (Phi) is 8.10. The minimum Gasteiger partial charge on any atom is -0.507 e. The van der Waals surface area contributed by atoms with Gasteiger partial charge in [-0.2, -0.15) is 5.10 Å². The molecule has 1 amide bonds. The van der Waals surface area contributed by atoms with E-state index in [2.05, 4.69) is 31.0 Å². The lowest BCUT2D eigenvalue weighted by Crippen LogP contribution is -2.30. The van der Waals surface area contributed by atoms with Crippen molar-refractivity contribution in [2.75, 3.05) is 19.8 Å². The van der Waals surface area contributed by atoms with Gasteiger partial charge in [-0.05, 0) is 74.4 Å². The molecule has 0 saturated carbocycles. The molecule has 7 heteroatoms. The number of phenolic OH excluding ortho intramolecular Hbond substituents is 1. The monoisotopic (exact) mass is 505 g/mol. The van der Waals surface area contributed by atoms with Crippen LogP contribution in [0, 0.1) is 19.8 Å². The summed E-state index contributed by atoms with van der Waals surface area (Å²) in [6, 6.07) is 9.34. The summed E-state index contributed by atoms with van der Waals surface area (Å²) in [6.45, 7) is 14.1. The topological polar surface area (TPSA) is 87.7 Å². The first kappa shape index (κ1) is 26.6. The predicted molar refractivity (Wildman–Crippen MR) is 146 cm³/mol. The number of phenols is 1. The molecule has 0 fully saturated rings. The molecular weight excluding hydrogens is 466 g/mol. The van der Waals surface area contributed by atoms with Gasteiger partial charge >= 0.3 is 0 Å². The summed E-state index contributed by atoms with van der Waals surface area (Å²) >= 11 is 0. The van der Waals surface area contributed by atoms with Crippen LogP contribution in [0.5, 0.6) is 17.2 Å². The van der Waals surface area contributed by atoms with Gasteiger partial charge in [-0.25, -0.2) is 0 Å². The van der Waals surface area contributed by atoms with Crippen molar-refractivity contribution in [3.8, 4) is 28.5 Å². The number of H-pyrrole nitrogens is 1. The Morgan fingerprint density at radius 2 is 1.89 bits per heavy atom. The standard InChI is InChI=1S/C30H39N3O4/c1-7-9-13-33-29(21-10-11-23(24(17-21)36-8-2)37-14-12-18(3)4)26-27(31-32-28(26)30(33)35)25-20(6)15-19(5)16-22(25)34/h10-11,15-18,29,34H,7-9,12-14H2,1-6H3,(H,31,32). The number of benzene rings is 2. The van der Waals surface area contributed by atoms with Gasteiger partial charge in [-0.15, -0.1) is 0 Å². The molecule has 4 rings (SSSR count). The number of amides is 1. The molecule has 37 heavy (non-hydrogen) atoms. The van der Waals surface area contributed by atoms with E-state index < -0.39 is 0 Å². The maximum atomic E-state index is 13.6. The number of aryl methyl sites for hydroxylation is 2. The third kappa shape index (κ3) is 5.31. The molecule has 2 aromatic carbocycles. The highest BCUT2D eigenvalue weighted by Gasteiger charge is 2.42. The van der Waals surface area contributed by atoms with E-state index in [4.69, 9.17) is 9.47 Å². The maximum absolute atomic E-state index is 13.6. The molecule has 0 bridgehead atoms. The molecule has 0 radical (unpaired) electrons. The van der Waals surface area contributed by atoms with E-state index in [1.54, 1.807) is 6.07 Å². The molecule has 3 aromatic rings. The number of aromatic nitrogens is 2. The highest BCUT2D eigenvalue weighted by atomic mass is 16.5. The Labute approximate surface area is 219 Å². The van der Waals surface area contributed by atoms with Crippen LogP contribution >= 0.6 is 0 Å². The predicted octanol–water partition coefficient (Wildman–Crippen LogP) is 6.57. The summed E-state index contributed by atoms with van der Waals surface area (Å²) in [5.74, 6) is 2.00. The van der Waals surface area contributed by atoms with E-state index >= 15 is 0 Å². The summed E-state index contributed by atoms with van der Waals surface area (Å²) in [7, 11) is 0. The van der Waals surface area contributed by atoms with E-state index in [1.165, 1.54) is 0 Å². The number of hydrogen-bond donors (Lipinski definition) is 2. The summed E-state index contributed by atoms with van der Waals surface area (Å²) in [5.41, 5.74) is 5.33. The fourth-order valence-electron chi connectivity index (χ4n) is 5.03. The zero-order valence-corrected chi connectivity index (χ0v) is 22.9. The maximum Gasteiger partial charge on any atom is 0.273 e. The van der Waals surface area contributed by atoms with Crippen molar-refractivity contribution >= 4 is 5.91 Å². The van der Waals surface area contributed by atoms with Crippen molar-refractivity contribution in [1.29, 1.82) is 0 Å². The third-order valence-corrected chi connectivity index (χ3v) is 6.85. The number of hydrogen-bond acceptors (Lipinski definition) is 5. The van der Waals surface area contributed by atoms with E-state index in [9.17, 15) is 9.90 Å². The molecule has 198 valence electrons. The average molecular weight is 506 g/mol. The van der Waals surface area contributed by atoms with Gasteiger partial charge in [-0.3, -0.25) is 9.89 Å². The van der Waals surface area contributed by atoms with Gasteiger partial charge in [0.2, 0.25) is 0 Å². The molecule has 0 aliphatic carbocycles. The number of nitrogens with zero attached hydrogens (tertiary/aromatic N) is 2. The van der Waals surface area contributed by atoms with Crippen LogP contribution in [-0.4, -0.2) is 45.9 Å². The minimum absolute atomic E-state index is 0.0772. The first-order valence-electron chi connectivity index (χ1n) is 13.4. The van der Waals surface area contributed by atoms with Crippen molar-refractivity contribution in [2.45, 2.75) is 66.8 Å². The van der Waals surface area contributed by atoms with Crippen LogP contribution in [0.4, 0.5) is 0 Å². The number of aromatic hydroxyl groups is 1. The normalized spacial score (nSPS) is 14.9. The molecule has 1 unspecified atom stereocenters. The Hall–Kier alpha value is -3.48. The van der Waals surface area contributed by atoms with Crippen molar-refractivity contribution in [1.82, 2.24) is 15.1 Å². The lowest BCUT2D eigenvalue weighted by atomic mass is 9.93. The number of ether oxygens (including phenoxy) is 2. The van der Waals surface area contributed by atoms with Gasteiger partial charge in [0.15, 0.2) is 11.5 Å². The van der Waals surface area contributed by atoms with E-state index in [-0.39, 0.29) is 17.7 Å². The Balaban J connectivity index is 1.82. The zero-order chi connectivity index (χ0) is 26.7. The van der Waals surface area contributed by atoms with Gasteiger partial charge < -0.3 is 19.5 Å². The lowest BCUT2D eigenvalue weighted by Gasteiger charge is -2.27. The van der Waals surface area contributed by atoms with Gasteiger partial charge in [0, 0.05) is 17.7 Å². The van der Waals surface area contributed by atoms with Crippen molar-refractivity contribution in [2.24, 2.45) is 5.92 Å². The fourth-order valence-corrected chi connectivity index (χ4v) is 5.03. The lowest BCUT2D eigenvalue weighted by molar-refractivity contribution is 0.0741. The SMILES string of the molecule is CCCCN1C(=O)c2[nH]nc(-c3c(C)cc(C)cc3O)c2C1c1ccc(OCCC(C)C)c(OCC)c1. The molecule has 1 aliphatic rings. The molecular formula is C30H39N3O4. The number of rotatable bonds is 11. The quantitative estimate of drug-likeness (QED) is 0.308. The Morgan fingerprint density at radius 3 is 2.57 bits per heavy atom.